The first-order chi connectivity index (χ1) is 11.3. The Bertz CT molecular complexity index is 619. The molecule has 0 radical (unpaired) electrons. The Hall–Kier alpha value is -1.28. The highest BCUT2D eigenvalue weighted by molar-refractivity contribution is 14.0. The van der Waals surface area contributed by atoms with Crippen molar-refractivity contribution in [3.05, 3.63) is 59.9 Å². The summed E-state index contributed by atoms with van der Waals surface area (Å²) < 4.78 is 0. The van der Waals surface area contributed by atoms with E-state index < -0.39 is 0 Å². The van der Waals surface area contributed by atoms with Crippen LogP contribution in [0.4, 0.5) is 0 Å². The molecule has 2 rings (SSSR count). The summed E-state index contributed by atoms with van der Waals surface area (Å²) in [7, 11) is 0. The Labute approximate surface area is 166 Å². The molecule has 24 heavy (non-hydrogen) atoms. The molecule has 0 aliphatic heterocycles. The predicted molar refractivity (Wildman–Crippen MR) is 114 cm³/mol. The van der Waals surface area contributed by atoms with E-state index in [1.807, 2.05) is 43.0 Å². The van der Waals surface area contributed by atoms with Crippen molar-refractivity contribution in [3.63, 3.8) is 0 Å². The molecule has 2 aromatic rings. The molecule has 0 saturated heterocycles. The van der Waals surface area contributed by atoms with E-state index in [4.69, 9.17) is 0 Å². The number of rotatable bonds is 7. The van der Waals surface area contributed by atoms with Gasteiger partial charge in [0.15, 0.2) is 5.96 Å². The number of nitrogens with zero attached hydrogens (tertiary/aromatic N) is 2. The Morgan fingerprint density at radius 1 is 1.08 bits per heavy atom. The minimum absolute atomic E-state index is 0. The lowest BCUT2D eigenvalue weighted by atomic mass is 10.3. The first-order valence-corrected chi connectivity index (χ1v) is 8.89. The Balaban J connectivity index is 0.00000288. The van der Waals surface area contributed by atoms with Crippen molar-refractivity contribution in [2.24, 2.45) is 4.99 Å². The van der Waals surface area contributed by atoms with Gasteiger partial charge in [-0.25, -0.2) is 4.99 Å². The fraction of sp³-hybridized carbons (Fsp3) is 0.333. The molecule has 0 bridgehead atoms. The SMILES string of the molecule is CCNC(=NCc1cccc(C)n1)NCCSc1ccccc1.I. The number of aliphatic imine (C=N–C) groups is 1. The fourth-order valence-electron chi connectivity index (χ4n) is 2.04. The van der Waals surface area contributed by atoms with Crippen LogP contribution in [-0.4, -0.2) is 29.8 Å². The van der Waals surface area contributed by atoms with E-state index in [0.29, 0.717) is 6.54 Å². The second-order valence-corrected chi connectivity index (χ2v) is 6.22. The second kappa shape index (κ2) is 12.1. The monoisotopic (exact) mass is 456 g/mol. The maximum atomic E-state index is 4.59. The molecule has 2 N–H and O–H groups in total. The van der Waals surface area contributed by atoms with Crippen LogP contribution in [0.3, 0.4) is 0 Å². The number of hydrogen-bond acceptors (Lipinski definition) is 3. The van der Waals surface area contributed by atoms with Crippen molar-refractivity contribution >= 4 is 41.7 Å². The van der Waals surface area contributed by atoms with Gasteiger partial charge in [-0.2, -0.15) is 0 Å². The predicted octanol–water partition coefficient (Wildman–Crippen LogP) is 3.86. The van der Waals surface area contributed by atoms with E-state index >= 15 is 0 Å². The molecule has 6 heteroatoms. The third-order valence-corrected chi connectivity index (χ3v) is 4.11. The third kappa shape index (κ3) is 8.01. The summed E-state index contributed by atoms with van der Waals surface area (Å²) in [6, 6.07) is 16.5. The van der Waals surface area contributed by atoms with Crippen LogP contribution in [0.15, 0.2) is 58.4 Å². The molecule has 1 heterocycles. The van der Waals surface area contributed by atoms with Gasteiger partial charge in [-0.15, -0.1) is 35.7 Å². The number of aromatic nitrogens is 1. The molecule has 4 nitrogen and oxygen atoms in total. The maximum absolute atomic E-state index is 4.59. The molecule has 0 fully saturated rings. The maximum Gasteiger partial charge on any atom is 0.191 e. The lowest BCUT2D eigenvalue weighted by molar-refractivity contribution is 0.835. The van der Waals surface area contributed by atoms with Crippen LogP contribution in [0, 0.1) is 6.92 Å². The van der Waals surface area contributed by atoms with Gasteiger partial charge >= 0.3 is 0 Å². The number of nitrogens with one attached hydrogen (secondary N) is 2. The summed E-state index contributed by atoms with van der Waals surface area (Å²) in [6.45, 7) is 6.37. The summed E-state index contributed by atoms with van der Waals surface area (Å²) in [5.74, 6) is 1.83. The van der Waals surface area contributed by atoms with Crippen LogP contribution in [0.25, 0.3) is 0 Å². The Kier molecular flexibility index (Phi) is 10.5. The Morgan fingerprint density at radius 2 is 1.88 bits per heavy atom. The highest BCUT2D eigenvalue weighted by Crippen LogP contribution is 2.15. The van der Waals surface area contributed by atoms with Crippen LogP contribution in [0.1, 0.15) is 18.3 Å². The van der Waals surface area contributed by atoms with Crippen molar-refractivity contribution in [1.82, 2.24) is 15.6 Å². The van der Waals surface area contributed by atoms with Crippen molar-refractivity contribution < 1.29 is 0 Å². The highest BCUT2D eigenvalue weighted by atomic mass is 127. The van der Waals surface area contributed by atoms with E-state index in [0.717, 1.165) is 36.2 Å². The molecular weight excluding hydrogens is 431 g/mol. The lowest BCUT2D eigenvalue weighted by Crippen LogP contribution is -2.38. The van der Waals surface area contributed by atoms with Crippen molar-refractivity contribution in [1.29, 1.82) is 0 Å². The molecule has 0 atom stereocenters. The van der Waals surface area contributed by atoms with Gasteiger partial charge in [0.05, 0.1) is 12.2 Å². The van der Waals surface area contributed by atoms with Gasteiger partial charge in [0.1, 0.15) is 0 Å². The topological polar surface area (TPSA) is 49.3 Å². The van der Waals surface area contributed by atoms with Gasteiger partial charge in [0, 0.05) is 29.4 Å². The van der Waals surface area contributed by atoms with Gasteiger partial charge < -0.3 is 10.6 Å². The van der Waals surface area contributed by atoms with E-state index in [1.54, 1.807) is 0 Å². The third-order valence-electron chi connectivity index (χ3n) is 3.10. The summed E-state index contributed by atoms with van der Waals surface area (Å²) >= 11 is 1.84. The van der Waals surface area contributed by atoms with E-state index in [9.17, 15) is 0 Å². The molecular formula is C18H25IN4S. The molecule has 130 valence electrons. The molecule has 0 aliphatic carbocycles. The minimum atomic E-state index is 0. The van der Waals surface area contributed by atoms with Crippen molar-refractivity contribution in [2.75, 3.05) is 18.8 Å². The van der Waals surface area contributed by atoms with Gasteiger partial charge in [-0.1, -0.05) is 24.3 Å². The Morgan fingerprint density at radius 3 is 2.58 bits per heavy atom. The minimum Gasteiger partial charge on any atom is -0.357 e. The number of benzene rings is 1. The number of aryl methyl sites for hydroxylation is 1. The van der Waals surface area contributed by atoms with Crippen LogP contribution in [0.2, 0.25) is 0 Å². The van der Waals surface area contributed by atoms with Crippen LogP contribution < -0.4 is 10.6 Å². The molecule has 0 spiro atoms. The average Bonchev–Trinajstić information content (AvgIpc) is 2.57. The lowest BCUT2D eigenvalue weighted by Gasteiger charge is -2.11. The highest BCUT2D eigenvalue weighted by Gasteiger charge is 1.99. The first-order valence-electron chi connectivity index (χ1n) is 7.90. The molecule has 0 saturated carbocycles. The zero-order valence-corrected chi connectivity index (χ0v) is 17.3. The molecule has 1 aromatic heterocycles. The van der Waals surface area contributed by atoms with E-state index in [-0.39, 0.29) is 24.0 Å². The smallest absolute Gasteiger partial charge is 0.191 e. The van der Waals surface area contributed by atoms with Crippen LogP contribution >= 0.6 is 35.7 Å². The summed E-state index contributed by atoms with van der Waals surface area (Å²) in [5.41, 5.74) is 2.01. The first kappa shape index (κ1) is 20.8. The average molecular weight is 456 g/mol. The van der Waals surface area contributed by atoms with E-state index in [1.165, 1.54) is 4.90 Å². The number of thioether (sulfide) groups is 1. The summed E-state index contributed by atoms with van der Waals surface area (Å²) in [5, 5.41) is 6.63. The zero-order valence-electron chi connectivity index (χ0n) is 14.2. The van der Waals surface area contributed by atoms with Gasteiger partial charge in [0.2, 0.25) is 0 Å². The van der Waals surface area contributed by atoms with Crippen LogP contribution in [-0.2, 0) is 6.54 Å². The van der Waals surface area contributed by atoms with Crippen LogP contribution in [0.5, 0.6) is 0 Å². The van der Waals surface area contributed by atoms with E-state index in [2.05, 4.69) is 51.8 Å². The second-order valence-electron chi connectivity index (χ2n) is 5.05. The number of halogens is 1. The molecule has 0 amide bonds. The standard InChI is InChI=1S/C18H24N4S.HI/c1-3-19-18(21-14-16-9-7-8-15(2)22-16)20-12-13-23-17-10-5-4-6-11-17;/h4-11H,3,12-14H2,1-2H3,(H2,19,20,21);1H. The normalized spacial score (nSPS) is 10.8. The molecule has 1 aromatic carbocycles. The number of guanidine groups is 1. The van der Waals surface area contributed by atoms with Crippen molar-refractivity contribution in [2.45, 2.75) is 25.3 Å². The largest absolute Gasteiger partial charge is 0.357 e. The van der Waals surface area contributed by atoms with Gasteiger partial charge in [-0.05, 0) is 38.1 Å². The fourth-order valence-corrected chi connectivity index (χ4v) is 2.83. The summed E-state index contributed by atoms with van der Waals surface area (Å²) in [4.78, 5) is 10.4. The van der Waals surface area contributed by atoms with Gasteiger partial charge in [0.25, 0.3) is 0 Å². The molecule has 0 unspecified atom stereocenters. The zero-order chi connectivity index (χ0) is 16.3. The molecule has 0 aliphatic rings. The number of hydrogen-bond donors (Lipinski definition) is 2. The van der Waals surface area contributed by atoms with Crippen molar-refractivity contribution in [3.8, 4) is 0 Å². The van der Waals surface area contributed by atoms with Gasteiger partial charge in [-0.3, -0.25) is 4.98 Å². The number of pyridine rings is 1. The summed E-state index contributed by atoms with van der Waals surface area (Å²) in [6.07, 6.45) is 0. The quantitative estimate of drug-likeness (QED) is 0.219.